The summed E-state index contributed by atoms with van der Waals surface area (Å²) in [6.07, 6.45) is 3.73. The predicted octanol–water partition coefficient (Wildman–Crippen LogP) is 6.24. The molecule has 2 aromatic rings. The molecule has 0 spiro atoms. The molecular formula is C28H31F3N2O2S2. The molecule has 37 heavy (non-hydrogen) atoms. The molecule has 0 radical (unpaired) electrons. The Bertz CT molecular complexity index is 1230. The van der Waals surface area contributed by atoms with Gasteiger partial charge in [0.25, 0.3) is 5.91 Å². The van der Waals surface area contributed by atoms with Crippen molar-refractivity contribution in [3.05, 3.63) is 50.0 Å². The van der Waals surface area contributed by atoms with Crippen LogP contribution in [-0.4, -0.2) is 28.1 Å². The summed E-state index contributed by atoms with van der Waals surface area (Å²) < 4.78 is 38.9. The number of alkyl halides is 3. The SMILES string of the molecule is Cc1nc(C(F)(F)F)ccc1CC(=S)C[C@H]1CCc2sc(CC(=O)C3CC3)c(C(=O)NCC3CC3)c2C1. The van der Waals surface area contributed by atoms with Crippen molar-refractivity contribution in [2.24, 2.45) is 17.8 Å². The van der Waals surface area contributed by atoms with Crippen molar-refractivity contribution in [3.8, 4) is 0 Å². The van der Waals surface area contributed by atoms with E-state index >= 15 is 0 Å². The molecular weight excluding hydrogens is 517 g/mol. The van der Waals surface area contributed by atoms with Crippen molar-refractivity contribution in [3.63, 3.8) is 0 Å². The van der Waals surface area contributed by atoms with Gasteiger partial charge in [0.1, 0.15) is 11.5 Å². The molecule has 198 valence electrons. The number of Topliss-reactive ketones (excluding diaryl/α,β-unsaturated/α-hetero) is 1. The molecule has 0 saturated heterocycles. The minimum atomic E-state index is -4.46. The average Bonchev–Trinajstić information content (AvgIpc) is 3.75. The molecule has 3 aliphatic carbocycles. The van der Waals surface area contributed by atoms with Gasteiger partial charge in [0.15, 0.2) is 0 Å². The predicted molar refractivity (Wildman–Crippen MR) is 141 cm³/mol. The summed E-state index contributed by atoms with van der Waals surface area (Å²) in [5.74, 6) is 1.18. The summed E-state index contributed by atoms with van der Waals surface area (Å²) in [7, 11) is 0. The highest BCUT2D eigenvalue weighted by atomic mass is 32.1. The summed E-state index contributed by atoms with van der Waals surface area (Å²) in [5.41, 5.74) is 1.96. The van der Waals surface area contributed by atoms with E-state index in [1.807, 2.05) is 0 Å². The summed E-state index contributed by atoms with van der Waals surface area (Å²) >= 11 is 7.30. The first-order valence-corrected chi connectivity index (χ1v) is 14.3. The molecule has 3 aliphatic rings. The maximum absolute atomic E-state index is 13.3. The fourth-order valence-electron chi connectivity index (χ4n) is 5.17. The van der Waals surface area contributed by atoms with E-state index in [0.717, 1.165) is 66.3 Å². The lowest BCUT2D eigenvalue weighted by Crippen LogP contribution is -2.28. The topological polar surface area (TPSA) is 59.1 Å². The second-order valence-electron chi connectivity index (χ2n) is 10.8. The fourth-order valence-corrected chi connectivity index (χ4v) is 6.92. The molecule has 0 bridgehead atoms. The number of nitrogens with zero attached hydrogens (tertiary/aromatic N) is 1. The summed E-state index contributed by atoms with van der Waals surface area (Å²) in [5, 5.41) is 3.11. The zero-order valence-corrected chi connectivity index (χ0v) is 22.5. The normalized spacial score (nSPS) is 19.4. The van der Waals surface area contributed by atoms with Gasteiger partial charge < -0.3 is 5.32 Å². The first kappa shape index (κ1) is 26.5. The standard InChI is InChI=1S/C28H31F3N2O2S2/c1-15-19(7-9-25(33-15)28(29,30)31)12-20(36)10-17-4-8-23-21(11-17)26(27(35)32-14-16-2-3-16)24(37-23)13-22(34)18-5-6-18/h7,9,16-18H,2-6,8,10-14H2,1H3,(H,32,35)/t17-/m1/s1. The van der Waals surface area contributed by atoms with Gasteiger partial charge in [-0.1, -0.05) is 18.3 Å². The van der Waals surface area contributed by atoms with Crippen molar-refractivity contribution >= 4 is 40.1 Å². The number of hydrogen-bond donors (Lipinski definition) is 1. The van der Waals surface area contributed by atoms with Crippen molar-refractivity contribution < 1.29 is 22.8 Å². The molecule has 2 heterocycles. The molecule has 2 fully saturated rings. The van der Waals surface area contributed by atoms with Crippen molar-refractivity contribution in [1.29, 1.82) is 0 Å². The Morgan fingerprint density at radius 2 is 1.86 bits per heavy atom. The average molecular weight is 549 g/mol. The van der Waals surface area contributed by atoms with Gasteiger partial charge >= 0.3 is 6.18 Å². The number of ketones is 1. The first-order chi connectivity index (χ1) is 17.6. The van der Waals surface area contributed by atoms with Crippen LogP contribution in [0.25, 0.3) is 0 Å². The number of amides is 1. The Balaban J connectivity index is 1.28. The van der Waals surface area contributed by atoms with Crippen molar-refractivity contribution in [2.75, 3.05) is 6.54 Å². The van der Waals surface area contributed by atoms with Crippen LogP contribution in [0.4, 0.5) is 13.2 Å². The van der Waals surface area contributed by atoms with E-state index in [2.05, 4.69) is 10.3 Å². The second-order valence-corrected chi connectivity index (χ2v) is 12.6. The van der Waals surface area contributed by atoms with Gasteiger partial charge in [0.2, 0.25) is 0 Å². The Hall–Kier alpha value is -2.13. The van der Waals surface area contributed by atoms with Gasteiger partial charge in [-0.3, -0.25) is 9.59 Å². The Labute approximate surface area is 224 Å². The number of carbonyl (C=O) groups excluding carboxylic acids is 2. The summed E-state index contributed by atoms with van der Waals surface area (Å²) in [4.78, 5) is 32.5. The fraction of sp³-hybridized carbons (Fsp3) is 0.571. The van der Waals surface area contributed by atoms with E-state index in [9.17, 15) is 22.8 Å². The van der Waals surface area contributed by atoms with Gasteiger partial charge in [-0.25, -0.2) is 4.98 Å². The molecule has 0 unspecified atom stereocenters. The van der Waals surface area contributed by atoms with Crippen LogP contribution in [0.15, 0.2) is 12.1 Å². The van der Waals surface area contributed by atoms with Gasteiger partial charge in [-0.15, -0.1) is 11.3 Å². The first-order valence-electron chi connectivity index (χ1n) is 13.1. The van der Waals surface area contributed by atoms with Gasteiger partial charge in [0, 0.05) is 40.8 Å². The Morgan fingerprint density at radius 3 is 2.51 bits per heavy atom. The number of nitrogens with one attached hydrogen (secondary N) is 1. The number of rotatable bonds is 10. The van der Waals surface area contributed by atoms with Crippen molar-refractivity contribution in [2.45, 2.75) is 77.3 Å². The van der Waals surface area contributed by atoms with E-state index in [1.54, 1.807) is 18.3 Å². The molecule has 2 aromatic heterocycles. The van der Waals surface area contributed by atoms with Crippen LogP contribution in [0.1, 0.15) is 81.2 Å². The van der Waals surface area contributed by atoms with E-state index in [0.29, 0.717) is 48.5 Å². The maximum Gasteiger partial charge on any atom is 0.433 e. The highest BCUT2D eigenvalue weighted by Gasteiger charge is 2.35. The smallest absolute Gasteiger partial charge is 0.352 e. The number of aryl methyl sites for hydroxylation is 2. The Morgan fingerprint density at radius 1 is 1.11 bits per heavy atom. The quantitative estimate of drug-likeness (QED) is 0.357. The number of aromatic nitrogens is 1. The number of pyridine rings is 1. The second kappa shape index (κ2) is 10.6. The highest BCUT2D eigenvalue weighted by molar-refractivity contribution is 7.80. The van der Waals surface area contributed by atoms with Crippen LogP contribution in [0.3, 0.4) is 0 Å². The monoisotopic (exact) mass is 548 g/mol. The molecule has 0 aromatic carbocycles. The molecule has 4 nitrogen and oxygen atoms in total. The maximum atomic E-state index is 13.3. The van der Waals surface area contributed by atoms with E-state index in [-0.39, 0.29) is 23.5 Å². The van der Waals surface area contributed by atoms with Crippen LogP contribution >= 0.6 is 23.6 Å². The number of thiophene rings is 1. The summed E-state index contributed by atoms with van der Waals surface area (Å²) in [6, 6.07) is 2.49. The number of fused-ring (bicyclic) bond motifs is 1. The molecule has 5 rings (SSSR count). The molecule has 9 heteroatoms. The van der Waals surface area contributed by atoms with E-state index < -0.39 is 11.9 Å². The lowest BCUT2D eigenvalue weighted by Gasteiger charge is -2.23. The summed E-state index contributed by atoms with van der Waals surface area (Å²) in [6.45, 7) is 2.27. The number of hydrogen-bond acceptors (Lipinski definition) is 5. The van der Waals surface area contributed by atoms with Crippen LogP contribution in [0, 0.1) is 24.7 Å². The zero-order valence-electron chi connectivity index (χ0n) is 20.9. The minimum Gasteiger partial charge on any atom is -0.352 e. The lowest BCUT2D eigenvalue weighted by atomic mass is 9.82. The molecule has 1 N–H and O–H groups in total. The molecule has 2 saturated carbocycles. The van der Waals surface area contributed by atoms with Crippen molar-refractivity contribution in [1.82, 2.24) is 10.3 Å². The Kier molecular flexibility index (Phi) is 7.56. The number of thiocarbonyl (C=S) groups is 1. The molecule has 0 aliphatic heterocycles. The zero-order chi connectivity index (χ0) is 26.3. The van der Waals surface area contributed by atoms with Crippen LogP contribution in [-0.2, 0) is 36.7 Å². The highest BCUT2D eigenvalue weighted by Crippen LogP contribution is 2.40. The molecule has 1 amide bonds. The third-order valence-corrected chi connectivity index (χ3v) is 9.27. The molecule has 1 atom stereocenters. The third kappa shape index (κ3) is 6.48. The van der Waals surface area contributed by atoms with Gasteiger partial charge in [-0.05, 0) is 92.2 Å². The van der Waals surface area contributed by atoms with Crippen LogP contribution in [0.2, 0.25) is 0 Å². The van der Waals surface area contributed by atoms with E-state index in [1.165, 1.54) is 10.9 Å². The van der Waals surface area contributed by atoms with Gasteiger partial charge in [0.05, 0.1) is 5.56 Å². The number of halogens is 3. The lowest BCUT2D eigenvalue weighted by molar-refractivity contribution is -0.141. The van der Waals surface area contributed by atoms with Crippen LogP contribution in [0.5, 0.6) is 0 Å². The third-order valence-electron chi connectivity index (χ3n) is 7.67. The largest absolute Gasteiger partial charge is 0.433 e. The van der Waals surface area contributed by atoms with E-state index in [4.69, 9.17) is 12.2 Å². The number of carbonyl (C=O) groups is 2. The minimum absolute atomic E-state index is 0.0577. The van der Waals surface area contributed by atoms with Crippen LogP contribution < -0.4 is 5.32 Å². The van der Waals surface area contributed by atoms with Gasteiger partial charge in [-0.2, -0.15) is 13.2 Å².